The number of likely N-dealkylation sites (tertiary alicyclic amines) is 1. The Labute approximate surface area is 185 Å². The summed E-state index contributed by atoms with van der Waals surface area (Å²) in [6, 6.07) is 4.22. The van der Waals surface area contributed by atoms with Crippen molar-refractivity contribution < 1.29 is 18.2 Å². The predicted octanol–water partition coefficient (Wildman–Crippen LogP) is 4.08. The van der Waals surface area contributed by atoms with Crippen LogP contribution in [0.3, 0.4) is 0 Å². The van der Waals surface area contributed by atoms with E-state index in [2.05, 4.69) is 23.2 Å². The van der Waals surface area contributed by atoms with E-state index in [1.807, 2.05) is 22.3 Å². The molecule has 5 rings (SSSR count). The number of hydrogen-bond donors (Lipinski definition) is 0. The van der Waals surface area contributed by atoms with Crippen molar-refractivity contribution in [2.75, 3.05) is 32.4 Å². The molecule has 8 heteroatoms. The molecule has 2 fully saturated rings. The fraction of sp³-hybridized carbons (Fsp3) is 0.565. The minimum atomic E-state index is -0.932. The van der Waals surface area contributed by atoms with Crippen LogP contribution in [0.5, 0.6) is 0 Å². The van der Waals surface area contributed by atoms with E-state index >= 15 is 0 Å². The molecule has 1 aliphatic carbocycles. The van der Waals surface area contributed by atoms with E-state index < -0.39 is 11.0 Å². The predicted molar refractivity (Wildman–Crippen MR) is 120 cm³/mol. The van der Waals surface area contributed by atoms with Crippen LogP contribution in [0.4, 0.5) is 4.79 Å². The fourth-order valence-electron chi connectivity index (χ4n) is 4.36. The average molecular weight is 444 g/mol. The van der Waals surface area contributed by atoms with Gasteiger partial charge in [0, 0.05) is 43.7 Å². The van der Waals surface area contributed by atoms with Gasteiger partial charge in [0.2, 0.25) is 0 Å². The molecule has 1 atom stereocenters. The van der Waals surface area contributed by atoms with Gasteiger partial charge in [0.25, 0.3) is 0 Å². The number of hydrogen-bond acceptors (Lipinski definition) is 5. The van der Waals surface area contributed by atoms with E-state index in [0.717, 1.165) is 61.1 Å². The lowest BCUT2D eigenvalue weighted by Gasteiger charge is -2.31. The molecule has 2 aliphatic heterocycles. The van der Waals surface area contributed by atoms with Crippen LogP contribution >= 0.6 is 0 Å². The summed E-state index contributed by atoms with van der Waals surface area (Å²) in [4.78, 5) is 18.8. The van der Waals surface area contributed by atoms with Crippen LogP contribution in [0.15, 0.2) is 28.8 Å². The number of pyridine rings is 1. The quantitative estimate of drug-likeness (QED) is 0.712. The first-order valence-corrected chi connectivity index (χ1v) is 12.6. The number of furan rings is 1. The molecule has 0 bridgehead atoms. The Morgan fingerprint density at radius 1 is 1.26 bits per heavy atom. The summed E-state index contributed by atoms with van der Waals surface area (Å²) in [5.74, 6) is 1.28. The number of nitrogens with zero attached hydrogens (tertiary/aromatic N) is 3. The molecule has 1 saturated heterocycles. The number of carbonyl (C=O) groups is 1. The SMILES string of the molecule is CS(=O)N1CC=C(c2cc3cc(C4CCN(C(=O)OC5(C)CC5)CC4)oc3cn2)CC1. The van der Waals surface area contributed by atoms with Gasteiger partial charge >= 0.3 is 6.09 Å². The average Bonchev–Trinajstić information content (AvgIpc) is 3.34. The van der Waals surface area contributed by atoms with Crippen LogP contribution in [-0.4, -0.2) is 62.5 Å². The third-order valence-corrected chi connectivity index (χ3v) is 7.79. The Balaban J connectivity index is 1.24. The van der Waals surface area contributed by atoms with Crippen molar-refractivity contribution in [3.8, 4) is 0 Å². The smallest absolute Gasteiger partial charge is 0.410 e. The lowest BCUT2D eigenvalue weighted by molar-refractivity contribution is 0.0514. The number of piperidine rings is 1. The molecular weight excluding hydrogens is 414 g/mol. The highest BCUT2D eigenvalue weighted by molar-refractivity contribution is 7.81. The lowest BCUT2D eigenvalue weighted by atomic mass is 9.94. The van der Waals surface area contributed by atoms with Crippen LogP contribution in [-0.2, 0) is 15.7 Å². The zero-order chi connectivity index (χ0) is 21.6. The van der Waals surface area contributed by atoms with Gasteiger partial charge in [0.15, 0.2) is 5.58 Å². The third-order valence-electron chi connectivity index (χ3n) is 6.73. The standard InChI is InChI=1S/C23H29N3O4S/c1-23(7-8-23)30-22(27)25-9-3-17(4-10-25)20-14-18-13-19(24-15-21(18)29-20)16-5-11-26(12-6-16)31(2)28/h5,13-15,17H,3-4,6-12H2,1-2H3. The van der Waals surface area contributed by atoms with Crippen molar-refractivity contribution in [3.05, 3.63) is 35.9 Å². The van der Waals surface area contributed by atoms with Crippen LogP contribution in [0.2, 0.25) is 0 Å². The maximum absolute atomic E-state index is 12.3. The van der Waals surface area contributed by atoms with Crippen molar-refractivity contribution in [1.82, 2.24) is 14.2 Å². The van der Waals surface area contributed by atoms with Crippen LogP contribution in [0, 0.1) is 0 Å². The first-order chi connectivity index (χ1) is 14.9. The molecule has 2 aromatic heterocycles. The maximum atomic E-state index is 12.3. The molecule has 0 N–H and O–H groups in total. The molecule has 0 radical (unpaired) electrons. The molecular formula is C23H29N3O4S. The van der Waals surface area contributed by atoms with Gasteiger partial charge in [-0.1, -0.05) is 6.08 Å². The highest BCUT2D eigenvalue weighted by Gasteiger charge is 2.43. The van der Waals surface area contributed by atoms with Gasteiger partial charge in [-0.2, -0.15) is 0 Å². The monoisotopic (exact) mass is 443 g/mol. The summed E-state index contributed by atoms with van der Waals surface area (Å²) in [5, 5.41) is 1.06. The second kappa shape index (κ2) is 8.06. The third kappa shape index (κ3) is 4.41. The van der Waals surface area contributed by atoms with Crippen molar-refractivity contribution >= 4 is 33.6 Å². The van der Waals surface area contributed by atoms with Gasteiger partial charge < -0.3 is 14.1 Å². The molecule has 4 heterocycles. The number of ether oxygens (including phenoxy) is 1. The molecule has 166 valence electrons. The topological polar surface area (TPSA) is 75.9 Å². The fourth-order valence-corrected chi connectivity index (χ4v) is 4.99. The number of rotatable bonds is 4. The van der Waals surface area contributed by atoms with Crippen LogP contribution in [0.25, 0.3) is 16.5 Å². The van der Waals surface area contributed by atoms with Crippen molar-refractivity contribution in [2.24, 2.45) is 0 Å². The Kier molecular flexibility index (Phi) is 5.38. The van der Waals surface area contributed by atoms with Gasteiger partial charge in [0.1, 0.15) is 11.4 Å². The number of fused-ring (bicyclic) bond motifs is 1. The molecule has 2 aromatic rings. The first kappa shape index (κ1) is 20.7. The normalized spacial score (nSPS) is 22.9. The number of aromatic nitrogens is 1. The Morgan fingerprint density at radius 3 is 2.68 bits per heavy atom. The van der Waals surface area contributed by atoms with Crippen LogP contribution in [0.1, 0.15) is 56.4 Å². The number of amides is 1. The zero-order valence-electron chi connectivity index (χ0n) is 18.1. The van der Waals surface area contributed by atoms with Crippen molar-refractivity contribution in [2.45, 2.75) is 50.5 Å². The van der Waals surface area contributed by atoms with Crippen molar-refractivity contribution in [1.29, 1.82) is 0 Å². The van der Waals surface area contributed by atoms with E-state index in [4.69, 9.17) is 9.15 Å². The Bertz CT molecular complexity index is 1050. The largest absolute Gasteiger partial charge is 0.459 e. The van der Waals surface area contributed by atoms with Gasteiger partial charge in [-0.3, -0.25) is 4.98 Å². The highest BCUT2D eigenvalue weighted by Crippen LogP contribution is 2.40. The minimum absolute atomic E-state index is 0.178. The molecule has 0 spiro atoms. The van der Waals surface area contributed by atoms with Gasteiger partial charge in [-0.05, 0) is 56.7 Å². The molecule has 1 unspecified atom stereocenters. The summed E-state index contributed by atoms with van der Waals surface area (Å²) < 4.78 is 25.3. The summed E-state index contributed by atoms with van der Waals surface area (Å²) in [7, 11) is -0.932. The molecule has 0 aromatic carbocycles. The molecule has 31 heavy (non-hydrogen) atoms. The van der Waals surface area contributed by atoms with E-state index in [1.54, 1.807) is 6.26 Å². The van der Waals surface area contributed by atoms with Crippen molar-refractivity contribution in [3.63, 3.8) is 0 Å². The Morgan fingerprint density at radius 2 is 2.03 bits per heavy atom. The van der Waals surface area contributed by atoms with E-state index in [1.165, 1.54) is 5.57 Å². The molecule has 3 aliphatic rings. The van der Waals surface area contributed by atoms with Gasteiger partial charge in [-0.15, -0.1) is 0 Å². The summed E-state index contributed by atoms with van der Waals surface area (Å²) in [5.41, 5.74) is 2.74. The number of carbonyl (C=O) groups excluding carboxylic acids is 1. The summed E-state index contributed by atoms with van der Waals surface area (Å²) in [6.45, 7) is 4.86. The maximum Gasteiger partial charge on any atom is 0.410 e. The second-order valence-electron chi connectivity index (χ2n) is 9.13. The van der Waals surface area contributed by atoms with Gasteiger partial charge in [-0.25, -0.2) is 13.3 Å². The molecule has 1 saturated carbocycles. The van der Waals surface area contributed by atoms with E-state index in [0.29, 0.717) is 25.6 Å². The van der Waals surface area contributed by atoms with Crippen LogP contribution < -0.4 is 0 Å². The van der Waals surface area contributed by atoms with E-state index in [9.17, 15) is 9.00 Å². The summed E-state index contributed by atoms with van der Waals surface area (Å²) in [6.07, 6.45) is 10.0. The first-order valence-electron chi connectivity index (χ1n) is 11.1. The van der Waals surface area contributed by atoms with E-state index in [-0.39, 0.29) is 11.7 Å². The second-order valence-corrected chi connectivity index (χ2v) is 10.5. The molecule has 7 nitrogen and oxygen atoms in total. The zero-order valence-corrected chi connectivity index (χ0v) is 19.0. The Hall–Kier alpha value is -2.19. The minimum Gasteiger partial charge on any atom is -0.459 e. The molecule has 1 amide bonds. The lowest BCUT2D eigenvalue weighted by Crippen LogP contribution is -2.39. The highest BCUT2D eigenvalue weighted by atomic mass is 32.2. The van der Waals surface area contributed by atoms with Gasteiger partial charge in [0.05, 0.1) is 22.9 Å². The summed E-state index contributed by atoms with van der Waals surface area (Å²) >= 11 is 0.